The lowest BCUT2D eigenvalue weighted by Gasteiger charge is -2.23. The number of halogens is 1. The van der Waals surface area contributed by atoms with Crippen molar-refractivity contribution in [1.82, 2.24) is 9.55 Å². The van der Waals surface area contributed by atoms with Crippen molar-refractivity contribution in [2.75, 3.05) is 0 Å². The third-order valence-corrected chi connectivity index (χ3v) is 3.52. The molecule has 0 amide bonds. The Bertz CT molecular complexity index is 562. The van der Waals surface area contributed by atoms with E-state index in [-0.39, 0.29) is 12.0 Å². The lowest BCUT2D eigenvalue weighted by Crippen LogP contribution is -2.26. The van der Waals surface area contributed by atoms with Gasteiger partial charge in [0.1, 0.15) is 11.6 Å². The second kappa shape index (κ2) is 4.53. The third-order valence-electron chi connectivity index (χ3n) is 3.52. The molecule has 94 valence electrons. The Balaban J connectivity index is 1.95. The van der Waals surface area contributed by atoms with Gasteiger partial charge in [0.15, 0.2) is 0 Å². The van der Waals surface area contributed by atoms with Crippen molar-refractivity contribution in [2.45, 2.75) is 31.8 Å². The normalized spacial score (nSPS) is 18.7. The van der Waals surface area contributed by atoms with Crippen molar-refractivity contribution in [2.24, 2.45) is 5.73 Å². The minimum Gasteiger partial charge on any atom is -0.316 e. The van der Waals surface area contributed by atoms with E-state index < -0.39 is 0 Å². The summed E-state index contributed by atoms with van der Waals surface area (Å²) in [6, 6.07) is 6.82. The van der Waals surface area contributed by atoms with Gasteiger partial charge in [-0.1, -0.05) is 18.2 Å². The highest BCUT2D eigenvalue weighted by molar-refractivity contribution is 5.23. The zero-order chi connectivity index (χ0) is 12.5. The van der Waals surface area contributed by atoms with Gasteiger partial charge in [-0.2, -0.15) is 0 Å². The molecule has 1 aromatic heterocycles. The van der Waals surface area contributed by atoms with Gasteiger partial charge in [-0.05, 0) is 30.9 Å². The Morgan fingerprint density at radius 2 is 2.22 bits per heavy atom. The third kappa shape index (κ3) is 1.93. The van der Waals surface area contributed by atoms with Crippen molar-refractivity contribution in [3.8, 4) is 0 Å². The molecule has 0 spiro atoms. The molecule has 0 bridgehead atoms. The van der Waals surface area contributed by atoms with Crippen LogP contribution in [0, 0.1) is 5.82 Å². The largest absolute Gasteiger partial charge is 0.316 e. The molecule has 3 nitrogen and oxygen atoms in total. The summed E-state index contributed by atoms with van der Waals surface area (Å²) in [5, 5.41) is 0. The number of aryl methyl sites for hydroxylation is 1. The molecule has 3 rings (SSSR count). The highest BCUT2D eigenvalue weighted by Crippen LogP contribution is 2.24. The summed E-state index contributed by atoms with van der Waals surface area (Å²) in [6.45, 7) is 0. The summed E-state index contributed by atoms with van der Waals surface area (Å²) in [5.41, 5.74) is 7.95. The maximum atomic E-state index is 13.6. The molecule has 0 fully saturated rings. The number of fused-ring (bicyclic) bond motifs is 1. The number of imidazole rings is 1. The summed E-state index contributed by atoms with van der Waals surface area (Å²) in [5.74, 6) is 0.682. The molecule has 0 saturated heterocycles. The van der Waals surface area contributed by atoms with Gasteiger partial charge in [0.05, 0.1) is 6.17 Å². The number of rotatable bonds is 2. The molecule has 0 aliphatic carbocycles. The van der Waals surface area contributed by atoms with Crippen molar-refractivity contribution >= 4 is 0 Å². The lowest BCUT2D eigenvalue weighted by molar-refractivity contribution is 0.403. The van der Waals surface area contributed by atoms with Crippen LogP contribution in [0.4, 0.5) is 4.39 Å². The van der Waals surface area contributed by atoms with E-state index in [0.717, 1.165) is 25.1 Å². The molecule has 2 N–H and O–H groups in total. The summed E-state index contributed by atoms with van der Waals surface area (Å²) < 4.78 is 15.7. The van der Waals surface area contributed by atoms with Gasteiger partial charge < -0.3 is 10.3 Å². The minimum atomic E-state index is -0.181. The van der Waals surface area contributed by atoms with E-state index >= 15 is 0 Å². The van der Waals surface area contributed by atoms with Crippen molar-refractivity contribution in [1.29, 1.82) is 0 Å². The Kier molecular flexibility index (Phi) is 2.88. The Morgan fingerprint density at radius 3 is 3.06 bits per heavy atom. The van der Waals surface area contributed by atoms with Gasteiger partial charge in [0.2, 0.25) is 0 Å². The van der Waals surface area contributed by atoms with Crippen LogP contribution in [0.1, 0.15) is 36.1 Å². The van der Waals surface area contributed by atoms with E-state index in [1.54, 1.807) is 12.1 Å². The van der Waals surface area contributed by atoms with Crippen LogP contribution >= 0.6 is 0 Å². The summed E-state index contributed by atoms with van der Waals surface area (Å²) >= 11 is 0. The predicted molar refractivity (Wildman–Crippen MR) is 67.6 cm³/mol. The molecule has 1 aliphatic heterocycles. The van der Waals surface area contributed by atoms with Gasteiger partial charge in [-0.25, -0.2) is 9.37 Å². The number of aromatic nitrogens is 2. The molecule has 0 radical (unpaired) electrons. The first kappa shape index (κ1) is 11.4. The topological polar surface area (TPSA) is 43.8 Å². The Hall–Kier alpha value is -1.68. The lowest BCUT2D eigenvalue weighted by atomic mass is 10.1. The van der Waals surface area contributed by atoms with Crippen LogP contribution in [0.2, 0.25) is 0 Å². The number of hydrogen-bond acceptors (Lipinski definition) is 2. The van der Waals surface area contributed by atoms with Gasteiger partial charge in [-0.15, -0.1) is 0 Å². The van der Waals surface area contributed by atoms with E-state index in [1.165, 1.54) is 11.8 Å². The highest BCUT2D eigenvalue weighted by atomic mass is 19.1. The zero-order valence-corrected chi connectivity index (χ0v) is 10.1. The molecule has 4 heteroatoms. The van der Waals surface area contributed by atoms with Gasteiger partial charge in [0.25, 0.3) is 0 Å². The van der Waals surface area contributed by atoms with Crippen LogP contribution in [0.25, 0.3) is 0 Å². The van der Waals surface area contributed by atoms with Crippen LogP contribution in [-0.2, 0) is 12.8 Å². The van der Waals surface area contributed by atoms with Gasteiger partial charge in [-0.3, -0.25) is 0 Å². The number of nitrogens with zero attached hydrogens (tertiary/aromatic N) is 2. The quantitative estimate of drug-likeness (QED) is 0.883. The van der Waals surface area contributed by atoms with Crippen LogP contribution in [0.5, 0.6) is 0 Å². The van der Waals surface area contributed by atoms with E-state index in [1.807, 2.05) is 12.3 Å². The standard InChI is InChI=1S/C14H16FN3/c15-12-6-2-1-4-10(12)8-14-17-9-11-5-3-7-13(16)18(11)14/h1-2,4,6,9,13H,3,5,7-8,16H2. The maximum absolute atomic E-state index is 13.6. The first-order valence-electron chi connectivity index (χ1n) is 6.29. The molecular weight excluding hydrogens is 229 g/mol. The summed E-state index contributed by atoms with van der Waals surface area (Å²) in [7, 11) is 0. The molecule has 0 saturated carbocycles. The van der Waals surface area contributed by atoms with Gasteiger partial charge in [0, 0.05) is 18.3 Å². The molecule has 18 heavy (non-hydrogen) atoms. The van der Waals surface area contributed by atoms with Crippen LogP contribution < -0.4 is 5.73 Å². The van der Waals surface area contributed by atoms with Crippen LogP contribution in [0.3, 0.4) is 0 Å². The first-order valence-corrected chi connectivity index (χ1v) is 6.29. The fraction of sp³-hybridized carbons (Fsp3) is 0.357. The molecule has 2 heterocycles. The number of nitrogens with two attached hydrogens (primary N) is 1. The van der Waals surface area contributed by atoms with E-state index in [2.05, 4.69) is 9.55 Å². The summed E-state index contributed by atoms with van der Waals surface area (Å²) in [4.78, 5) is 4.40. The molecule has 2 aromatic rings. The van der Waals surface area contributed by atoms with Crippen molar-refractivity contribution in [3.05, 3.63) is 53.4 Å². The Labute approximate surface area is 105 Å². The number of benzene rings is 1. The van der Waals surface area contributed by atoms with Crippen LogP contribution in [0.15, 0.2) is 30.5 Å². The second-order valence-corrected chi connectivity index (χ2v) is 4.76. The monoisotopic (exact) mass is 245 g/mol. The smallest absolute Gasteiger partial charge is 0.126 e. The molecule has 1 atom stereocenters. The molecule has 1 aromatic carbocycles. The van der Waals surface area contributed by atoms with E-state index in [4.69, 9.17) is 5.73 Å². The number of hydrogen-bond donors (Lipinski definition) is 1. The average molecular weight is 245 g/mol. The predicted octanol–water partition coefficient (Wildman–Crippen LogP) is 2.41. The van der Waals surface area contributed by atoms with E-state index in [0.29, 0.717) is 12.0 Å². The SMILES string of the molecule is NC1CCCc2cnc(Cc3ccccc3F)n21. The van der Waals surface area contributed by atoms with E-state index in [9.17, 15) is 4.39 Å². The van der Waals surface area contributed by atoms with Crippen molar-refractivity contribution in [3.63, 3.8) is 0 Å². The van der Waals surface area contributed by atoms with Gasteiger partial charge >= 0.3 is 0 Å². The Morgan fingerprint density at radius 1 is 1.39 bits per heavy atom. The highest BCUT2D eigenvalue weighted by Gasteiger charge is 2.20. The minimum absolute atomic E-state index is 0.0157. The fourth-order valence-electron chi connectivity index (χ4n) is 2.59. The molecule has 1 unspecified atom stereocenters. The average Bonchev–Trinajstić information content (AvgIpc) is 2.77. The van der Waals surface area contributed by atoms with Crippen LogP contribution in [-0.4, -0.2) is 9.55 Å². The second-order valence-electron chi connectivity index (χ2n) is 4.76. The zero-order valence-electron chi connectivity index (χ0n) is 10.1. The van der Waals surface area contributed by atoms with Crippen molar-refractivity contribution < 1.29 is 4.39 Å². The summed E-state index contributed by atoms with van der Waals surface area (Å²) in [6.07, 6.45) is 5.44. The molecule has 1 aliphatic rings. The molecular formula is C14H16FN3. The fourth-order valence-corrected chi connectivity index (χ4v) is 2.59. The maximum Gasteiger partial charge on any atom is 0.126 e. The first-order chi connectivity index (χ1) is 8.75.